The summed E-state index contributed by atoms with van der Waals surface area (Å²) in [6, 6.07) is 3.69. The molecule has 104 valence electrons. The monoisotopic (exact) mass is 305 g/mol. The van der Waals surface area contributed by atoms with E-state index in [4.69, 9.17) is 16.3 Å². The minimum atomic E-state index is -3.46. The average molecular weight is 306 g/mol. The number of rotatable bonds is 4. The summed E-state index contributed by atoms with van der Waals surface area (Å²) < 4.78 is 27.4. The lowest BCUT2D eigenvalue weighted by Crippen LogP contribution is -2.25. The average Bonchev–Trinajstić information content (AvgIpc) is 2.34. The Kier molecular flexibility index (Phi) is 4.90. The van der Waals surface area contributed by atoms with Crippen molar-refractivity contribution in [1.29, 1.82) is 0 Å². The van der Waals surface area contributed by atoms with Gasteiger partial charge in [0.15, 0.2) is 16.4 Å². The van der Waals surface area contributed by atoms with Crippen LogP contribution in [0.2, 0.25) is 5.02 Å². The second kappa shape index (κ2) is 6.03. The number of carbonyl (C=O) groups is 2. The summed E-state index contributed by atoms with van der Waals surface area (Å²) in [5.74, 6) is -1.34. The van der Waals surface area contributed by atoms with Crippen molar-refractivity contribution in [2.24, 2.45) is 0 Å². The van der Waals surface area contributed by atoms with E-state index in [9.17, 15) is 18.0 Å². The molecule has 0 saturated heterocycles. The number of ether oxygens (including phenoxy) is 1. The van der Waals surface area contributed by atoms with Gasteiger partial charge in [0.05, 0.1) is 15.5 Å². The molecule has 0 aliphatic carbocycles. The SMILES string of the molecule is CNC(=O)COC(=O)c1cc(S(C)(=O)=O)ccc1Cl. The molecule has 6 nitrogen and oxygen atoms in total. The van der Waals surface area contributed by atoms with Crippen molar-refractivity contribution in [3.8, 4) is 0 Å². The fraction of sp³-hybridized carbons (Fsp3) is 0.273. The second-order valence-corrected chi connectivity index (χ2v) is 6.09. The van der Waals surface area contributed by atoms with Crippen molar-refractivity contribution in [2.45, 2.75) is 4.90 Å². The first-order valence-corrected chi connectivity index (χ1v) is 7.40. The molecule has 0 fully saturated rings. The summed E-state index contributed by atoms with van der Waals surface area (Å²) in [5.41, 5.74) is -0.103. The highest BCUT2D eigenvalue weighted by atomic mass is 35.5. The number of nitrogens with one attached hydrogen (secondary N) is 1. The van der Waals surface area contributed by atoms with Crippen LogP contribution in [0.1, 0.15) is 10.4 Å². The first-order chi connectivity index (χ1) is 8.75. The zero-order valence-electron chi connectivity index (χ0n) is 10.3. The summed E-state index contributed by atoms with van der Waals surface area (Å²) in [7, 11) is -2.06. The largest absolute Gasteiger partial charge is 0.452 e. The number of benzene rings is 1. The van der Waals surface area contributed by atoms with E-state index >= 15 is 0 Å². The van der Waals surface area contributed by atoms with Crippen molar-refractivity contribution in [3.05, 3.63) is 28.8 Å². The van der Waals surface area contributed by atoms with E-state index in [0.717, 1.165) is 12.3 Å². The number of halogens is 1. The van der Waals surface area contributed by atoms with E-state index in [1.54, 1.807) is 0 Å². The maximum atomic E-state index is 11.7. The molecule has 0 saturated carbocycles. The summed E-state index contributed by atoms with van der Waals surface area (Å²) in [6.45, 7) is -0.464. The molecular weight excluding hydrogens is 294 g/mol. The van der Waals surface area contributed by atoms with Crippen molar-refractivity contribution in [2.75, 3.05) is 19.9 Å². The van der Waals surface area contributed by atoms with Crippen LogP contribution >= 0.6 is 11.6 Å². The van der Waals surface area contributed by atoms with Crippen molar-refractivity contribution in [3.63, 3.8) is 0 Å². The molecule has 0 aliphatic rings. The van der Waals surface area contributed by atoms with Gasteiger partial charge in [0, 0.05) is 13.3 Å². The molecule has 0 aromatic heterocycles. The van der Waals surface area contributed by atoms with Gasteiger partial charge in [-0.3, -0.25) is 4.79 Å². The van der Waals surface area contributed by atoms with E-state index in [2.05, 4.69) is 5.32 Å². The number of hydrogen-bond donors (Lipinski definition) is 1. The van der Waals surface area contributed by atoms with Gasteiger partial charge in [0.25, 0.3) is 5.91 Å². The molecule has 0 bridgehead atoms. The standard InChI is InChI=1S/C11H12ClNO5S/c1-13-10(14)6-18-11(15)8-5-7(19(2,16)17)3-4-9(8)12/h3-5H,6H2,1-2H3,(H,13,14). The molecule has 1 aromatic carbocycles. The molecule has 0 radical (unpaired) electrons. The van der Waals surface area contributed by atoms with E-state index in [-0.39, 0.29) is 15.5 Å². The summed E-state index contributed by atoms with van der Waals surface area (Å²) in [5, 5.41) is 2.33. The topological polar surface area (TPSA) is 89.5 Å². The Hall–Kier alpha value is -1.60. The lowest BCUT2D eigenvalue weighted by Gasteiger charge is -2.07. The molecule has 0 spiro atoms. The van der Waals surface area contributed by atoms with E-state index < -0.39 is 28.3 Å². The predicted octanol–water partition coefficient (Wildman–Crippen LogP) is 0.646. The van der Waals surface area contributed by atoms with Gasteiger partial charge in [-0.1, -0.05) is 11.6 Å². The van der Waals surface area contributed by atoms with E-state index in [1.165, 1.54) is 19.2 Å². The lowest BCUT2D eigenvalue weighted by atomic mass is 10.2. The molecule has 0 unspecified atom stereocenters. The number of amides is 1. The zero-order chi connectivity index (χ0) is 14.6. The molecule has 1 N–H and O–H groups in total. The summed E-state index contributed by atoms with van der Waals surface area (Å²) in [6.07, 6.45) is 1.01. The fourth-order valence-electron chi connectivity index (χ4n) is 1.17. The highest BCUT2D eigenvalue weighted by Crippen LogP contribution is 2.21. The Bertz CT molecular complexity index is 612. The maximum absolute atomic E-state index is 11.7. The van der Waals surface area contributed by atoms with Gasteiger partial charge < -0.3 is 10.1 Å². The Balaban J connectivity index is 3.00. The van der Waals surface area contributed by atoms with Gasteiger partial charge >= 0.3 is 5.97 Å². The molecule has 8 heteroatoms. The van der Waals surface area contributed by atoms with Crippen LogP contribution in [0.5, 0.6) is 0 Å². The minimum absolute atomic E-state index is 0.0503. The normalized spacial score (nSPS) is 10.9. The molecular formula is C11H12ClNO5S. The van der Waals surface area contributed by atoms with Crippen LogP contribution in [0.15, 0.2) is 23.1 Å². The molecule has 0 aliphatic heterocycles. The van der Waals surface area contributed by atoms with Crippen LogP contribution in [-0.4, -0.2) is 40.2 Å². The Morgan fingerprint density at radius 2 is 2.00 bits per heavy atom. The highest BCUT2D eigenvalue weighted by Gasteiger charge is 2.17. The van der Waals surface area contributed by atoms with Gasteiger partial charge in [0.1, 0.15) is 0 Å². The Morgan fingerprint density at radius 3 is 2.53 bits per heavy atom. The van der Waals surface area contributed by atoms with Gasteiger partial charge in [-0.05, 0) is 18.2 Å². The molecule has 1 amide bonds. The van der Waals surface area contributed by atoms with Gasteiger partial charge in [-0.25, -0.2) is 13.2 Å². The quantitative estimate of drug-likeness (QED) is 0.825. The fourth-order valence-corrected chi connectivity index (χ4v) is 2.01. The number of esters is 1. The lowest BCUT2D eigenvalue weighted by molar-refractivity contribution is -0.123. The molecule has 19 heavy (non-hydrogen) atoms. The van der Waals surface area contributed by atoms with Crippen molar-refractivity contribution >= 4 is 33.3 Å². The zero-order valence-corrected chi connectivity index (χ0v) is 11.8. The second-order valence-electron chi connectivity index (χ2n) is 3.66. The van der Waals surface area contributed by atoms with Crippen LogP contribution < -0.4 is 5.32 Å². The van der Waals surface area contributed by atoms with E-state index in [0.29, 0.717) is 0 Å². The third-order valence-electron chi connectivity index (χ3n) is 2.20. The molecule has 0 atom stereocenters. The van der Waals surface area contributed by atoms with Crippen LogP contribution in [0, 0.1) is 0 Å². The molecule has 1 rings (SSSR count). The first kappa shape index (κ1) is 15.5. The minimum Gasteiger partial charge on any atom is -0.452 e. The Morgan fingerprint density at radius 1 is 1.37 bits per heavy atom. The molecule has 0 heterocycles. The van der Waals surface area contributed by atoms with Crippen molar-refractivity contribution in [1.82, 2.24) is 5.32 Å². The van der Waals surface area contributed by atoms with Crippen LogP contribution in [0.25, 0.3) is 0 Å². The third kappa shape index (κ3) is 4.22. The smallest absolute Gasteiger partial charge is 0.340 e. The van der Waals surface area contributed by atoms with Gasteiger partial charge in [-0.15, -0.1) is 0 Å². The van der Waals surface area contributed by atoms with Gasteiger partial charge in [-0.2, -0.15) is 0 Å². The maximum Gasteiger partial charge on any atom is 0.340 e. The van der Waals surface area contributed by atoms with Crippen LogP contribution in [0.3, 0.4) is 0 Å². The predicted molar refractivity (Wildman–Crippen MR) is 68.9 cm³/mol. The highest BCUT2D eigenvalue weighted by molar-refractivity contribution is 7.90. The van der Waals surface area contributed by atoms with E-state index in [1.807, 2.05) is 0 Å². The summed E-state index contributed by atoms with van der Waals surface area (Å²) >= 11 is 5.79. The number of sulfone groups is 1. The van der Waals surface area contributed by atoms with Crippen LogP contribution in [0.4, 0.5) is 0 Å². The third-order valence-corrected chi connectivity index (χ3v) is 3.64. The number of likely N-dealkylation sites (N-methyl/N-ethyl adjacent to an activating group) is 1. The first-order valence-electron chi connectivity index (χ1n) is 5.13. The van der Waals surface area contributed by atoms with Gasteiger partial charge in [0.2, 0.25) is 0 Å². The number of carbonyl (C=O) groups excluding carboxylic acids is 2. The van der Waals surface area contributed by atoms with Crippen molar-refractivity contribution < 1.29 is 22.7 Å². The van der Waals surface area contributed by atoms with Crippen LogP contribution in [-0.2, 0) is 19.4 Å². The summed E-state index contributed by atoms with van der Waals surface area (Å²) in [4.78, 5) is 22.6. The Labute approximate surface area is 115 Å². The number of hydrogen-bond acceptors (Lipinski definition) is 5. The molecule has 1 aromatic rings.